The Kier molecular flexibility index (Phi) is 5.60. The number of sulfone groups is 1. The van der Waals surface area contributed by atoms with E-state index in [0.29, 0.717) is 24.4 Å². The molecule has 0 spiro atoms. The molecule has 2 aromatic rings. The standard InChI is InChI=1S/C14H15ClN4O4S2/c15-13-10(2-1-4-16-13)17-11(20)7-24-14-19-18-12(23-14)6-9-3-5-25(21,22)8-9/h1-2,4,9H,3,5-8H2,(H,17,20)/t9-/m0/s1. The summed E-state index contributed by atoms with van der Waals surface area (Å²) in [6.45, 7) is 0. The van der Waals surface area contributed by atoms with Gasteiger partial charge in [-0.25, -0.2) is 13.4 Å². The predicted molar refractivity (Wildman–Crippen MR) is 93.4 cm³/mol. The van der Waals surface area contributed by atoms with Gasteiger partial charge in [0, 0.05) is 12.6 Å². The monoisotopic (exact) mass is 402 g/mol. The van der Waals surface area contributed by atoms with Crippen LogP contribution in [0.5, 0.6) is 0 Å². The molecule has 0 radical (unpaired) electrons. The highest BCUT2D eigenvalue weighted by atomic mass is 35.5. The Morgan fingerprint density at radius 3 is 3.00 bits per heavy atom. The van der Waals surface area contributed by atoms with E-state index in [0.717, 1.165) is 11.8 Å². The van der Waals surface area contributed by atoms with Crippen LogP contribution in [0.2, 0.25) is 5.15 Å². The first-order valence-corrected chi connectivity index (χ1v) is 10.7. The minimum absolute atomic E-state index is 0.0133. The fourth-order valence-electron chi connectivity index (χ4n) is 2.45. The van der Waals surface area contributed by atoms with E-state index < -0.39 is 9.84 Å². The third kappa shape index (κ3) is 5.16. The number of thioether (sulfide) groups is 1. The van der Waals surface area contributed by atoms with E-state index in [1.807, 2.05) is 0 Å². The highest BCUT2D eigenvalue weighted by Crippen LogP contribution is 2.24. The molecule has 3 heterocycles. The number of anilines is 1. The Labute approximate surface area is 153 Å². The second-order valence-electron chi connectivity index (χ2n) is 5.61. The Morgan fingerprint density at radius 1 is 1.44 bits per heavy atom. The molecule has 1 saturated heterocycles. The lowest BCUT2D eigenvalue weighted by molar-refractivity contribution is -0.113. The molecular formula is C14H15ClN4O4S2. The van der Waals surface area contributed by atoms with Gasteiger partial charge in [-0.2, -0.15) is 0 Å². The molecule has 1 fully saturated rings. The first-order valence-electron chi connectivity index (χ1n) is 7.47. The van der Waals surface area contributed by atoms with Crippen molar-refractivity contribution in [1.29, 1.82) is 0 Å². The normalized spacial score (nSPS) is 19.0. The third-order valence-electron chi connectivity index (χ3n) is 3.60. The van der Waals surface area contributed by atoms with Crippen molar-refractivity contribution >= 4 is 44.8 Å². The summed E-state index contributed by atoms with van der Waals surface area (Å²) in [5.74, 6) is 0.572. The van der Waals surface area contributed by atoms with Gasteiger partial charge < -0.3 is 9.73 Å². The molecule has 8 nitrogen and oxygen atoms in total. The van der Waals surface area contributed by atoms with Crippen molar-refractivity contribution < 1.29 is 17.6 Å². The van der Waals surface area contributed by atoms with Crippen molar-refractivity contribution in [1.82, 2.24) is 15.2 Å². The summed E-state index contributed by atoms with van der Waals surface area (Å²) in [6.07, 6.45) is 2.58. The number of nitrogens with one attached hydrogen (secondary N) is 1. The van der Waals surface area contributed by atoms with Gasteiger partial charge in [0.25, 0.3) is 5.22 Å². The minimum Gasteiger partial charge on any atom is -0.416 e. The predicted octanol–water partition coefficient (Wildman–Crippen LogP) is 1.83. The first kappa shape index (κ1) is 18.2. The molecule has 1 amide bonds. The topological polar surface area (TPSA) is 115 Å². The van der Waals surface area contributed by atoms with E-state index in [1.54, 1.807) is 12.1 Å². The Bertz CT molecular complexity index is 871. The van der Waals surface area contributed by atoms with Gasteiger partial charge >= 0.3 is 0 Å². The maximum absolute atomic E-state index is 11.9. The van der Waals surface area contributed by atoms with Crippen LogP contribution >= 0.6 is 23.4 Å². The molecule has 0 bridgehead atoms. The molecule has 1 atom stereocenters. The maximum atomic E-state index is 11.9. The molecule has 11 heteroatoms. The number of amides is 1. The van der Waals surface area contributed by atoms with Crippen LogP contribution in [0.3, 0.4) is 0 Å². The molecule has 1 N–H and O–H groups in total. The summed E-state index contributed by atoms with van der Waals surface area (Å²) < 4.78 is 28.4. The lowest BCUT2D eigenvalue weighted by atomic mass is 10.1. The molecular weight excluding hydrogens is 388 g/mol. The Morgan fingerprint density at radius 2 is 2.28 bits per heavy atom. The van der Waals surface area contributed by atoms with Crippen LogP contribution in [0.1, 0.15) is 12.3 Å². The molecule has 134 valence electrons. The van der Waals surface area contributed by atoms with Crippen molar-refractivity contribution in [3.63, 3.8) is 0 Å². The van der Waals surface area contributed by atoms with Crippen molar-refractivity contribution in [3.05, 3.63) is 29.4 Å². The quantitative estimate of drug-likeness (QED) is 0.574. The first-order chi connectivity index (χ1) is 11.9. The van der Waals surface area contributed by atoms with E-state index >= 15 is 0 Å². The highest BCUT2D eigenvalue weighted by molar-refractivity contribution is 7.99. The molecule has 1 aliphatic rings. The summed E-state index contributed by atoms with van der Waals surface area (Å²) in [5.41, 5.74) is 0.434. The highest BCUT2D eigenvalue weighted by Gasteiger charge is 2.29. The fourth-order valence-corrected chi connectivity index (χ4v) is 5.06. The van der Waals surface area contributed by atoms with Crippen molar-refractivity contribution in [2.24, 2.45) is 5.92 Å². The van der Waals surface area contributed by atoms with E-state index in [4.69, 9.17) is 16.0 Å². The van der Waals surface area contributed by atoms with Crippen LogP contribution in [-0.2, 0) is 21.1 Å². The van der Waals surface area contributed by atoms with Gasteiger partial charge in [-0.3, -0.25) is 4.79 Å². The maximum Gasteiger partial charge on any atom is 0.277 e. The zero-order chi connectivity index (χ0) is 17.9. The van der Waals surface area contributed by atoms with E-state index in [9.17, 15) is 13.2 Å². The van der Waals surface area contributed by atoms with Gasteiger partial charge in [-0.1, -0.05) is 23.4 Å². The van der Waals surface area contributed by atoms with Gasteiger partial charge in [0.15, 0.2) is 15.0 Å². The number of rotatable bonds is 6. The number of carbonyl (C=O) groups is 1. The van der Waals surface area contributed by atoms with Crippen LogP contribution in [0.4, 0.5) is 5.69 Å². The minimum atomic E-state index is -2.93. The second kappa shape index (κ2) is 7.71. The van der Waals surface area contributed by atoms with Crippen molar-refractivity contribution in [3.8, 4) is 0 Å². The number of aromatic nitrogens is 3. The number of halogens is 1. The van der Waals surface area contributed by atoms with E-state index in [-0.39, 0.29) is 39.5 Å². The average molecular weight is 403 g/mol. The number of nitrogens with zero attached hydrogens (tertiary/aromatic N) is 3. The summed E-state index contributed by atoms with van der Waals surface area (Å²) in [7, 11) is -2.93. The zero-order valence-corrected chi connectivity index (χ0v) is 15.4. The number of carbonyl (C=O) groups excluding carboxylic acids is 1. The molecule has 0 aromatic carbocycles. The number of hydrogen-bond acceptors (Lipinski definition) is 8. The number of hydrogen-bond donors (Lipinski definition) is 1. The van der Waals surface area contributed by atoms with Crippen molar-refractivity contribution in [2.75, 3.05) is 22.6 Å². The summed E-state index contributed by atoms with van der Waals surface area (Å²) >= 11 is 6.97. The van der Waals surface area contributed by atoms with Crippen LogP contribution < -0.4 is 5.32 Å². The zero-order valence-electron chi connectivity index (χ0n) is 13.0. The van der Waals surface area contributed by atoms with Gasteiger partial charge in [-0.05, 0) is 24.5 Å². The number of pyridine rings is 1. The van der Waals surface area contributed by atoms with E-state index in [1.165, 1.54) is 6.20 Å². The van der Waals surface area contributed by atoms with Gasteiger partial charge in [0.05, 0.1) is 22.9 Å². The third-order valence-corrected chi connectivity index (χ3v) is 6.55. The van der Waals surface area contributed by atoms with Gasteiger partial charge in [-0.15, -0.1) is 10.2 Å². The molecule has 0 aliphatic carbocycles. The molecule has 0 saturated carbocycles. The van der Waals surface area contributed by atoms with Crippen LogP contribution in [0.15, 0.2) is 28.0 Å². The molecule has 3 rings (SSSR count). The molecule has 2 aromatic heterocycles. The van der Waals surface area contributed by atoms with Crippen LogP contribution in [0, 0.1) is 5.92 Å². The summed E-state index contributed by atoms with van der Waals surface area (Å²) in [5, 5.41) is 10.9. The largest absolute Gasteiger partial charge is 0.416 e. The van der Waals surface area contributed by atoms with Gasteiger partial charge in [0.2, 0.25) is 11.8 Å². The summed E-state index contributed by atoms with van der Waals surface area (Å²) in [4.78, 5) is 15.8. The summed E-state index contributed by atoms with van der Waals surface area (Å²) in [6, 6.07) is 3.32. The smallest absolute Gasteiger partial charge is 0.277 e. The fraction of sp³-hybridized carbons (Fsp3) is 0.429. The SMILES string of the molecule is O=C(CSc1nnc(C[C@@H]2CCS(=O)(=O)C2)o1)Nc1cccnc1Cl. The van der Waals surface area contributed by atoms with Crippen LogP contribution in [-0.4, -0.2) is 46.8 Å². The van der Waals surface area contributed by atoms with Crippen molar-refractivity contribution in [2.45, 2.75) is 18.1 Å². The average Bonchev–Trinajstić information content (AvgIpc) is 3.14. The second-order valence-corrected chi connectivity index (χ2v) is 9.13. The Hall–Kier alpha value is -1.65. The lowest BCUT2D eigenvalue weighted by Gasteiger charge is -2.04. The van der Waals surface area contributed by atoms with Crippen LogP contribution in [0.25, 0.3) is 0 Å². The van der Waals surface area contributed by atoms with Gasteiger partial charge in [0.1, 0.15) is 0 Å². The Balaban J connectivity index is 1.48. The lowest BCUT2D eigenvalue weighted by Crippen LogP contribution is -2.14. The van der Waals surface area contributed by atoms with E-state index in [2.05, 4.69) is 20.5 Å². The molecule has 0 unspecified atom stereocenters. The molecule has 1 aliphatic heterocycles. The molecule has 25 heavy (non-hydrogen) atoms.